The Hall–Kier alpha value is -3.79. The molecule has 0 bridgehead atoms. The number of thiophene rings is 1. The zero-order chi connectivity index (χ0) is 24.7. The molecule has 1 saturated heterocycles. The van der Waals surface area contributed by atoms with Crippen LogP contribution < -0.4 is 4.90 Å². The van der Waals surface area contributed by atoms with Gasteiger partial charge in [0.05, 0.1) is 32.6 Å². The largest absolute Gasteiger partial charge is 0.368 e. The first-order chi connectivity index (χ1) is 16.8. The van der Waals surface area contributed by atoms with Crippen molar-refractivity contribution in [2.45, 2.75) is 26.8 Å². The minimum Gasteiger partial charge on any atom is -0.368 e. The van der Waals surface area contributed by atoms with Crippen molar-refractivity contribution in [3.63, 3.8) is 0 Å². The zero-order valence-corrected chi connectivity index (χ0v) is 20.7. The topological polar surface area (TPSA) is 97.4 Å². The van der Waals surface area contributed by atoms with E-state index in [4.69, 9.17) is 4.98 Å². The molecule has 1 fully saturated rings. The van der Waals surface area contributed by atoms with Gasteiger partial charge in [0.2, 0.25) is 0 Å². The van der Waals surface area contributed by atoms with Gasteiger partial charge in [-0.15, -0.1) is 11.3 Å². The molecule has 0 radical (unpaired) electrons. The predicted molar refractivity (Wildman–Crippen MR) is 137 cm³/mol. The number of pyridine rings is 1. The number of fused-ring (bicyclic) bond motifs is 1. The van der Waals surface area contributed by atoms with Crippen LogP contribution in [0.15, 0.2) is 48.7 Å². The number of aromatic nitrogens is 3. The van der Waals surface area contributed by atoms with Gasteiger partial charge in [0.15, 0.2) is 5.65 Å². The van der Waals surface area contributed by atoms with Gasteiger partial charge in [-0.25, -0.2) is 9.67 Å². The molecule has 35 heavy (non-hydrogen) atoms. The number of rotatable bonds is 5. The standard InChI is InChI=1S/C25H26N6O3S/c1-16(2)30-24-21(15-26-30)20(14-22(27-24)23-9-4-17(3)35-23)25(32)29-12-10-28(11-13-29)18-5-7-19(8-6-18)31(33)34/h4-9,14-16H,10-13H2,1-3H3. The second-order valence-electron chi connectivity index (χ2n) is 8.94. The first-order valence-corrected chi connectivity index (χ1v) is 12.4. The number of anilines is 1. The molecule has 180 valence electrons. The van der Waals surface area contributed by atoms with Crippen LogP contribution in [0.1, 0.15) is 35.1 Å². The lowest BCUT2D eigenvalue weighted by molar-refractivity contribution is -0.384. The van der Waals surface area contributed by atoms with Gasteiger partial charge in [-0.05, 0) is 51.1 Å². The van der Waals surface area contributed by atoms with Crippen LogP contribution in [-0.4, -0.2) is 56.7 Å². The van der Waals surface area contributed by atoms with Crippen LogP contribution in [0, 0.1) is 17.0 Å². The molecule has 1 aliphatic rings. The number of piperazine rings is 1. The normalized spacial score (nSPS) is 14.2. The molecular weight excluding hydrogens is 464 g/mol. The molecule has 10 heteroatoms. The van der Waals surface area contributed by atoms with E-state index in [1.54, 1.807) is 29.7 Å². The number of hydrogen-bond acceptors (Lipinski definition) is 7. The number of benzene rings is 1. The average molecular weight is 491 g/mol. The van der Waals surface area contributed by atoms with Crippen LogP contribution >= 0.6 is 11.3 Å². The van der Waals surface area contributed by atoms with Gasteiger partial charge in [-0.1, -0.05) is 0 Å². The number of hydrogen-bond donors (Lipinski definition) is 0. The summed E-state index contributed by atoms with van der Waals surface area (Å²) in [6.07, 6.45) is 1.74. The van der Waals surface area contributed by atoms with Crippen molar-refractivity contribution in [2.24, 2.45) is 0 Å². The Morgan fingerprint density at radius 1 is 1.09 bits per heavy atom. The van der Waals surface area contributed by atoms with E-state index >= 15 is 0 Å². The van der Waals surface area contributed by atoms with Gasteiger partial charge < -0.3 is 9.80 Å². The highest BCUT2D eigenvalue weighted by molar-refractivity contribution is 7.15. The summed E-state index contributed by atoms with van der Waals surface area (Å²) in [6, 6.07) is 12.7. The van der Waals surface area contributed by atoms with Crippen molar-refractivity contribution < 1.29 is 9.72 Å². The smallest absolute Gasteiger partial charge is 0.269 e. The van der Waals surface area contributed by atoms with Gasteiger partial charge >= 0.3 is 0 Å². The van der Waals surface area contributed by atoms with Crippen molar-refractivity contribution in [3.8, 4) is 10.6 Å². The SMILES string of the molecule is Cc1ccc(-c2cc(C(=O)N3CCN(c4ccc([N+](=O)[O-])cc4)CC3)c3cnn(C(C)C)c3n2)s1. The van der Waals surface area contributed by atoms with E-state index in [0.29, 0.717) is 31.7 Å². The fraction of sp³-hybridized carbons (Fsp3) is 0.320. The van der Waals surface area contributed by atoms with Gasteiger partial charge in [-0.3, -0.25) is 14.9 Å². The Kier molecular flexibility index (Phi) is 5.98. The van der Waals surface area contributed by atoms with Crippen molar-refractivity contribution in [2.75, 3.05) is 31.1 Å². The van der Waals surface area contributed by atoms with Crippen LogP contribution in [-0.2, 0) is 0 Å². The molecule has 0 aliphatic carbocycles. The molecule has 1 aliphatic heterocycles. The minimum absolute atomic E-state index is 0.0291. The number of nitrogens with zero attached hydrogens (tertiary/aromatic N) is 6. The fourth-order valence-corrected chi connectivity index (χ4v) is 5.22. The third-order valence-electron chi connectivity index (χ3n) is 6.27. The van der Waals surface area contributed by atoms with E-state index in [1.165, 1.54) is 17.0 Å². The minimum atomic E-state index is -0.400. The van der Waals surface area contributed by atoms with Crippen LogP contribution in [0.2, 0.25) is 0 Å². The maximum Gasteiger partial charge on any atom is 0.269 e. The molecule has 0 unspecified atom stereocenters. The van der Waals surface area contributed by atoms with Crippen molar-refractivity contribution >= 4 is 39.7 Å². The van der Waals surface area contributed by atoms with Crippen molar-refractivity contribution in [1.82, 2.24) is 19.7 Å². The summed E-state index contributed by atoms with van der Waals surface area (Å²) in [5, 5.41) is 16.2. The highest BCUT2D eigenvalue weighted by Crippen LogP contribution is 2.31. The van der Waals surface area contributed by atoms with Crippen LogP contribution in [0.5, 0.6) is 0 Å². The number of carbonyl (C=O) groups is 1. The molecule has 0 N–H and O–H groups in total. The molecular formula is C25H26N6O3S. The predicted octanol–water partition coefficient (Wildman–Crippen LogP) is 4.92. The van der Waals surface area contributed by atoms with Gasteiger partial charge in [-0.2, -0.15) is 5.10 Å². The molecule has 5 rings (SSSR count). The number of non-ortho nitro benzene ring substituents is 1. The van der Waals surface area contributed by atoms with E-state index in [9.17, 15) is 14.9 Å². The molecule has 1 amide bonds. The summed E-state index contributed by atoms with van der Waals surface area (Å²) in [7, 11) is 0. The number of nitro groups is 1. The molecule has 0 atom stereocenters. The van der Waals surface area contributed by atoms with E-state index in [-0.39, 0.29) is 17.6 Å². The van der Waals surface area contributed by atoms with E-state index in [0.717, 1.165) is 27.3 Å². The second kappa shape index (κ2) is 9.10. The summed E-state index contributed by atoms with van der Waals surface area (Å²) < 4.78 is 1.86. The lowest BCUT2D eigenvalue weighted by atomic mass is 10.1. The summed E-state index contributed by atoms with van der Waals surface area (Å²) >= 11 is 1.66. The molecule has 1 aromatic carbocycles. The number of amides is 1. The molecule has 9 nitrogen and oxygen atoms in total. The molecule has 0 saturated carbocycles. The Labute approximate surface area is 206 Å². The van der Waals surface area contributed by atoms with E-state index in [2.05, 4.69) is 36.8 Å². The summed E-state index contributed by atoms with van der Waals surface area (Å²) in [4.78, 5) is 35.4. The van der Waals surface area contributed by atoms with Crippen LogP contribution in [0.25, 0.3) is 21.6 Å². The molecule has 3 aromatic heterocycles. The summed E-state index contributed by atoms with van der Waals surface area (Å²) in [6.45, 7) is 8.59. The monoisotopic (exact) mass is 490 g/mol. The third kappa shape index (κ3) is 4.37. The maximum absolute atomic E-state index is 13.7. The first kappa shape index (κ1) is 23.0. The zero-order valence-electron chi connectivity index (χ0n) is 19.8. The average Bonchev–Trinajstić information content (AvgIpc) is 3.49. The summed E-state index contributed by atoms with van der Waals surface area (Å²) in [5.74, 6) is -0.0291. The highest BCUT2D eigenvalue weighted by atomic mass is 32.1. The quantitative estimate of drug-likeness (QED) is 0.291. The fourth-order valence-electron chi connectivity index (χ4n) is 4.39. The first-order valence-electron chi connectivity index (χ1n) is 11.6. The van der Waals surface area contributed by atoms with E-state index < -0.39 is 4.92 Å². The van der Waals surface area contributed by atoms with Gasteiger partial charge in [0.25, 0.3) is 11.6 Å². The molecule has 0 spiro atoms. The Balaban J connectivity index is 1.42. The van der Waals surface area contributed by atoms with E-state index in [1.807, 2.05) is 21.7 Å². The lowest BCUT2D eigenvalue weighted by Gasteiger charge is -2.36. The third-order valence-corrected chi connectivity index (χ3v) is 7.29. The number of aryl methyl sites for hydroxylation is 1. The Morgan fingerprint density at radius 2 is 1.80 bits per heavy atom. The van der Waals surface area contributed by atoms with Crippen molar-refractivity contribution in [3.05, 3.63) is 69.2 Å². The second-order valence-corrected chi connectivity index (χ2v) is 10.2. The number of carbonyl (C=O) groups excluding carboxylic acids is 1. The lowest BCUT2D eigenvalue weighted by Crippen LogP contribution is -2.48. The Morgan fingerprint density at radius 3 is 2.40 bits per heavy atom. The highest BCUT2D eigenvalue weighted by Gasteiger charge is 2.26. The van der Waals surface area contributed by atoms with Crippen LogP contribution in [0.4, 0.5) is 11.4 Å². The molecule has 4 heterocycles. The number of nitro benzene ring substituents is 1. The van der Waals surface area contributed by atoms with Crippen LogP contribution in [0.3, 0.4) is 0 Å². The Bertz CT molecular complexity index is 1400. The van der Waals surface area contributed by atoms with Gasteiger partial charge in [0, 0.05) is 54.9 Å². The maximum atomic E-state index is 13.7. The van der Waals surface area contributed by atoms with Gasteiger partial charge in [0.1, 0.15) is 0 Å². The van der Waals surface area contributed by atoms with Crippen molar-refractivity contribution in [1.29, 1.82) is 0 Å². The summed E-state index contributed by atoms with van der Waals surface area (Å²) in [5.41, 5.74) is 3.11. The molecule has 4 aromatic rings.